The molecular weight excluding hydrogens is 140 g/mol. The number of nitrogens with one attached hydrogen (secondary N) is 1. The predicted molar refractivity (Wildman–Crippen MR) is 43.0 cm³/mol. The van der Waals surface area contributed by atoms with Crippen LogP contribution in [0.1, 0.15) is 12.8 Å². The van der Waals surface area contributed by atoms with Crippen molar-refractivity contribution in [1.29, 1.82) is 0 Å². The highest BCUT2D eigenvalue weighted by molar-refractivity contribution is 5.74. The van der Waals surface area contributed by atoms with Crippen LogP contribution in [0.3, 0.4) is 0 Å². The lowest BCUT2D eigenvalue weighted by atomic mass is 10.3. The Morgan fingerprint density at radius 3 is 3.18 bits per heavy atom. The lowest BCUT2D eigenvalue weighted by Crippen LogP contribution is -2.46. The van der Waals surface area contributed by atoms with Crippen molar-refractivity contribution < 1.29 is 4.79 Å². The van der Waals surface area contributed by atoms with Crippen molar-refractivity contribution in [3.8, 4) is 12.3 Å². The van der Waals surface area contributed by atoms with E-state index in [0.717, 1.165) is 19.5 Å². The highest BCUT2D eigenvalue weighted by Crippen LogP contribution is 1.99. The molecule has 11 heavy (non-hydrogen) atoms. The van der Waals surface area contributed by atoms with Gasteiger partial charge in [-0.2, -0.15) is 0 Å². The van der Waals surface area contributed by atoms with Crippen LogP contribution in [-0.4, -0.2) is 30.6 Å². The molecule has 60 valence electrons. The van der Waals surface area contributed by atoms with Crippen LogP contribution in [0.4, 0.5) is 4.79 Å². The molecule has 3 heteroatoms. The molecule has 0 aromatic carbocycles. The molecule has 1 aliphatic rings. The Bertz CT molecular complexity index is 183. The maximum Gasteiger partial charge on any atom is 0.317 e. The van der Waals surface area contributed by atoms with Gasteiger partial charge in [0.1, 0.15) is 0 Å². The highest BCUT2D eigenvalue weighted by Gasteiger charge is 2.15. The van der Waals surface area contributed by atoms with Crippen LogP contribution in [0.5, 0.6) is 0 Å². The Morgan fingerprint density at radius 1 is 1.73 bits per heavy atom. The zero-order valence-electron chi connectivity index (χ0n) is 6.47. The molecular formula is C8H12N2O. The molecule has 1 aliphatic heterocycles. The maximum atomic E-state index is 11.0. The summed E-state index contributed by atoms with van der Waals surface area (Å²) < 4.78 is 0. The lowest BCUT2D eigenvalue weighted by molar-refractivity contribution is 0.187. The van der Waals surface area contributed by atoms with Crippen molar-refractivity contribution in [2.45, 2.75) is 12.8 Å². The Balaban J connectivity index is 2.31. The second-order valence-electron chi connectivity index (χ2n) is 2.53. The Hall–Kier alpha value is -1.17. The van der Waals surface area contributed by atoms with Crippen molar-refractivity contribution >= 4 is 6.03 Å². The van der Waals surface area contributed by atoms with Gasteiger partial charge < -0.3 is 10.2 Å². The fourth-order valence-electron chi connectivity index (χ4n) is 1.09. The van der Waals surface area contributed by atoms with Gasteiger partial charge in [0.05, 0.1) is 0 Å². The predicted octanol–water partition coefficient (Wildman–Crippen LogP) is 0.425. The van der Waals surface area contributed by atoms with Gasteiger partial charge in [-0.3, -0.25) is 0 Å². The molecule has 3 nitrogen and oxygen atoms in total. The van der Waals surface area contributed by atoms with Crippen LogP contribution in [0.25, 0.3) is 0 Å². The minimum Gasteiger partial charge on any atom is -0.338 e. The molecule has 0 radical (unpaired) electrons. The van der Waals surface area contributed by atoms with Crippen LogP contribution in [0.2, 0.25) is 0 Å². The van der Waals surface area contributed by atoms with E-state index in [1.807, 2.05) is 0 Å². The van der Waals surface area contributed by atoms with Crippen LogP contribution in [0, 0.1) is 12.3 Å². The summed E-state index contributed by atoms with van der Waals surface area (Å²) in [5.41, 5.74) is 0. The first-order valence-electron chi connectivity index (χ1n) is 3.81. The third-order valence-corrected chi connectivity index (χ3v) is 1.69. The summed E-state index contributed by atoms with van der Waals surface area (Å²) in [6.45, 7) is 2.32. The molecule has 0 spiro atoms. The number of hydrogen-bond donors (Lipinski definition) is 1. The van der Waals surface area contributed by atoms with E-state index < -0.39 is 0 Å². The van der Waals surface area contributed by atoms with Gasteiger partial charge in [-0.05, 0) is 6.42 Å². The molecule has 1 N–H and O–H groups in total. The highest BCUT2D eigenvalue weighted by atomic mass is 16.2. The van der Waals surface area contributed by atoms with Gasteiger partial charge in [0.15, 0.2) is 0 Å². The molecule has 0 atom stereocenters. The van der Waals surface area contributed by atoms with E-state index in [2.05, 4.69) is 11.2 Å². The summed E-state index contributed by atoms with van der Waals surface area (Å²) in [5.74, 6) is 2.51. The summed E-state index contributed by atoms with van der Waals surface area (Å²) in [6.07, 6.45) is 6.75. The van der Waals surface area contributed by atoms with E-state index in [-0.39, 0.29) is 6.03 Å². The minimum absolute atomic E-state index is 0.0199. The smallest absolute Gasteiger partial charge is 0.317 e. The number of nitrogens with zero attached hydrogens (tertiary/aromatic N) is 1. The van der Waals surface area contributed by atoms with E-state index in [0.29, 0.717) is 13.0 Å². The van der Waals surface area contributed by atoms with Crippen molar-refractivity contribution in [3.05, 3.63) is 0 Å². The van der Waals surface area contributed by atoms with Gasteiger partial charge in [-0.1, -0.05) is 0 Å². The molecule has 1 fully saturated rings. The number of terminal acetylenes is 1. The SMILES string of the molecule is C#CCCN1CCCNC1=O. The molecule has 0 aliphatic carbocycles. The van der Waals surface area contributed by atoms with Crippen LogP contribution in [-0.2, 0) is 0 Å². The van der Waals surface area contributed by atoms with Crippen LogP contribution >= 0.6 is 0 Å². The van der Waals surface area contributed by atoms with E-state index in [9.17, 15) is 4.79 Å². The van der Waals surface area contributed by atoms with E-state index in [1.165, 1.54) is 0 Å². The van der Waals surface area contributed by atoms with Gasteiger partial charge in [-0.15, -0.1) is 12.3 Å². The topological polar surface area (TPSA) is 32.3 Å². The third-order valence-electron chi connectivity index (χ3n) is 1.69. The normalized spacial score (nSPS) is 17.4. The first-order chi connectivity index (χ1) is 5.34. The van der Waals surface area contributed by atoms with E-state index in [1.54, 1.807) is 4.90 Å². The second kappa shape index (κ2) is 3.87. The zero-order valence-corrected chi connectivity index (χ0v) is 6.47. The Morgan fingerprint density at radius 2 is 2.55 bits per heavy atom. The number of urea groups is 1. The second-order valence-corrected chi connectivity index (χ2v) is 2.53. The van der Waals surface area contributed by atoms with Gasteiger partial charge in [0, 0.05) is 26.1 Å². The molecule has 0 aromatic rings. The molecule has 0 aromatic heterocycles. The zero-order chi connectivity index (χ0) is 8.10. The fraction of sp³-hybridized carbons (Fsp3) is 0.625. The van der Waals surface area contributed by atoms with Crippen molar-refractivity contribution in [1.82, 2.24) is 10.2 Å². The number of carbonyl (C=O) groups excluding carboxylic acids is 1. The van der Waals surface area contributed by atoms with Crippen molar-refractivity contribution in [2.24, 2.45) is 0 Å². The molecule has 0 saturated carbocycles. The average Bonchev–Trinajstić information content (AvgIpc) is 2.03. The molecule has 2 amide bonds. The molecule has 0 unspecified atom stereocenters. The number of rotatable bonds is 2. The monoisotopic (exact) mass is 152 g/mol. The first-order valence-corrected chi connectivity index (χ1v) is 3.81. The standard InChI is InChI=1S/C8H12N2O/c1-2-3-6-10-7-4-5-9-8(10)11/h1H,3-7H2,(H,9,11). The van der Waals surface area contributed by atoms with Crippen molar-refractivity contribution in [3.63, 3.8) is 0 Å². The van der Waals surface area contributed by atoms with Gasteiger partial charge >= 0.3 is 6.03 Å². The number of hydrogen-bond acceptors (Lipinski definition) is 1. The summed E-state index contributed by atoms with van der Waals surface area (Å²) in [6, 6.07) is 0.0199. The van der Waals surface area contributed by atoms with Gasteiger partial charge in [-0.25, -0.2) is 4.79 Å². The minimum atomic E-state index is 0.0199. The molecule has 0 bridgehead atoms. The summed E-state index contributed by atoms with van der Waals surface area (Å²) >= 11 is 0. The summed E-state index contributed by atoms with van der Waals surface area (Å²) in [5, 5.41) is 2.76. The largest absolute Gasteiger partial charge is 0.338 e. The van der Waals surface area contributed by atoms with E-state index >= 15 is 0 Å². The number of carbonyl (C=O) groups is 1. The van der Waals surface area contributed by atoms with E-state index in [4.69, 9.17) is 6.42 Å². The molecule has 1 saturated heterocycles. The first kappa shape index (κ1) is 7.93. The third kappa shape index (κ3) is 2.15. The quantitative estimate of drug-likeness (QED) is 0.572. The van der Waals surface area contributed by atoms with Gasteiger partial charge in [0.25, 0.3) is 0 Å². The summed E-state index contributed by atoms with van der Waals surface area (Å²) in [7, 11) is 0. The van der Waals surface area contributed by atoms with Crippen LogP contribution < -0.4 is 5.32 Å². The Kier molecular flexibility index (Phi) is 2.79. The fourth-order valence-corrected chi connectivity index (χ4v) is 1.09. The average molecular weight is 152 g/mol. The van der Waals surface area contributed by atoms with Crippen LogP contribution in [0.15, 0.2) is 0 Å². The van der Waals surface area contributed by atoms with Gasteiger partial charge in [0.2, 0.25) is 0 Å². The van der Waals surface area contributed by atoms with Crippen molar-refractivity contribution in [2.75, 3.05) is 19.6 Å². The maximum absolute atomic E-state index is 11.0. The Labute approximate surface area is 66.8 Å². The molecule has 1 rings (SSSR count). The molecule has 1 heterocycles. The lowest BCUT2D eigenvalue weighted by Gasteiger charge is -2.26. The summed E-state index contributed by atoms with van der Waals surface area (Å²) in [4.78, 5) is 12.8. The number of amides is 2.